The molecule has 170 valence electrons. The molecule has 0 aliphatic carbocycles. The second kappa shape index (κ2) is 9.07. The molecule has 0 saturated carbocycles. The fourth-order valence-corrected chi connectivity index (χ4v) is 3.98. The minimum absolute atomic E-state index is 0.0241. The maximum absolute atomic E-state index is 13.2. The summed E-state index contributed by atoms with van der Waals surface area (Å²) in [5, 5.41) is 3.37. The van der Waals surface area contributed by atoms with Crippen molar-refractivity contribution in [3.8, 4) is 0 Å². The molecule has 0 fully saturated rings. The summed E-state index contributed by atoms with van der Waals surface area (Å²) in [5.41, 5.74) is 0.584. The van der Waals surface area contributed by atoms with Crippen molar-refractivity contribution in [1.29, 1.82) is 0 Å². The zero-order valence-electron chi connectivity index (χ0n) is 18.1. The zero-order chi connectivity index (χ0) is 23.6. The molecule has 4 rings (SSSR count). The summed E-state index contributed by atoms with van der Waals surface area (Å²) in [5.74, 6) is 0.100. The lowest BCUT2D eigenvalue weighted by molar-refractivity contribution is -0.137. The fraction of sp³-hybridized carbons (Fsp3) is 0.200. The zero-order valence-corrected chi connectivity index (χ0v) is 18.1. The third-order valence-corrected chi connectivity index (χ3v) is 5.50. The fourth-order valence-electron chi connectivity index (χ4n) is 3.98. The first-order valence-corrected chi connectivity index (χ1v) is 10.4. The molecule has 0 unspecified atom stereocenters. The molecule has 0 bridgehead atoms. The summed E-state index contributed by atoms with van der Waals surface area (Å²) < 4.78 is 39.6. The number of aromatic amines is 1. The van der Waals surface area contributed by atoms with Crippen molar-refractivity contribution in [2.75, 3.05) is 19.4 Å². The van der Waals surface area contributed by atoms with E-state index in [1.165, 1.54) is 0 Å². The lowest BCUT2D eigenvalue weighted by Gasteiger charge is -2.34. The van der Waals surface area contributed by atoms with Crippen LogP contribution in [0.2, 0.25) is 0 Å². The first kappa shape index (κ1) is 22.5. The Balaban J connectivity index is 1.81. The lowest BCUT2D eigenvalue weighted by atomic mass is 9.92. The van der Waals surface area contributed by atoms with Gasteiger partial charge in [0.25, 0.3) is 5.56 Å². The number of aromatic nitrogens is 2. The number of hydrogen-bond acceptors (Lipinski definition) is 4. The molecule has 0 saturated heterocycles. The lowest BCUT2D eigenvalue weighted by Crippen LogP contribution is -2.31. The number of anilines is 1. The first-order valence-electron chi connectivity index (χ1n) is 10.4. The van der Waals surface area contributed by atoms with Gasteiger partial charge in [0, 0.05) is 0 Å². The van der Waals surface area contributed by atoms with Gasteiger partial charge in [0.2, 0.25) is 5.95 Å². The highest BCUT2D eigenvalue weighted by Crippen LogP contribution is 2.35. The van der Waals surface area contributed by atoms with Gasteiger partial charge >= 0.3 is 6.18 Å². The Bertz CT molecular complexity index is 1290. The second-order valence-electron chi connectivity index (χ2n) is 8.00. The molecule has 1 heterocycles. The molecule has 0 spiro atoms. The van der Waals surface area contributed by atoms with Crippen molar-refractivity contribution in [2.45, 2.75) is 18.3 Å². The molecule has 4 aromatic rings. The molecule has 2 N–H and O–H groups in total. The Hall–Kier alpha value is -3.65. The Morgan fingerprint density at radius 2 is 1.52 bits per heavy atom. The number of nitrogens with zero attached hydrogens (tertiary/aromatic N) is 2. The van der Waals surface area contributed by atoms with Crippen LogP contribution in [0.15, 0.2) is 83.7 Å². The van der Waals surface area contributed by atoms with Gasteiger partial charge < -0.3 is 10.2 Å². The van der Waals surface area contributed by atoms with Crippen LogP contribution in [0.5, 0.6) is 0 Å². The number of benzene rings is 3. The summed E-state index contributed by atoms with van der Waals surface area (Å²) in [6.07, 6.45) is -4.53. The van der Waals surface area contributed by atoms with Gasteiger partial charge in [-0.25, -0.2) is 4.98 Å². The topological polar surface area (TPSA) is 61.0 Å². The van der Waals surface area contributed by atoms with E-state index in [0.717, 1.165) is 29.3 Å². The van der Waals surface area contributed by atoms with Crippen LogP contribution in [0, 0.1) is 0 Å². The van der Waals surface area contributed by atoms with E-state index in [1.807, 2.05) is 79.7 Å². The average Bonchev–Trinajstić information content (AvgIpc) is 2.79. The Morgan fingerprint density at radius 1 is 0.909 bits per heavy atom. The van der Waals surface area contributed by atoms with Crippen LogP contribution in [0.1, 0.15) is 28.8 Å². The third-order valence-electron chi connectivity index (χ3n) is 5.50. The quantitative estimate of drug-likeness (QED) is 0.411. The number of likely N-dealkylation sites (N-methyl/N-ethyl adjacent to an activating group) is 1. The highest BCUT2D eigenvalue weighted by Gasteiger charge is 2.31. The maximum Gasteiger partial charge on any atom is 0.416 e. The molecule has 0 aliphatic heterocycles. The predicted octanol–water partition coefficient (Wildman–Crippen LogP) is 5.40. The summed E-state index contributed by atoms with van der Waals surface area (Å²) in [4.78, 5) is 21.7. The minimum Gasteiger partial charge on any atom is -0.347 e. The molecule has 2 atom stereocenters. The molecule has 5 nitrogen and oxygen atoms in total. The summed E-state index contributed by atoms with van der Waals surface area (Å²) >= 11 is 0. The largest absolute Gasteiger partial charge is 0.416 e. The van der Waals surface area contributed by atoms with Gasteiger partial charge in [-0.3, -0.25) is 9.78 Å². The van der Waals surface area contributed by atoms with E-state index < -0.39 is 17.3 Å². The van der Waals surface area contributed by atoms with Crippen LogP contribution in [0.4, 0.5) is 19.1 Å². The van der Waals surface area contributed by atoms with Crippen LogP contribution in [0.3, 0.4) is 0 Å². The van der Waals surface area contributed by atoms with Crippen molar-refractivity contribution in [3.63, 3.8) is 0 Å². The van der Waals surface area contributed by atoms with Gasteiger partial charge in [-0.1, -0.05) is 60.7 Å². The van der Waals surface area contributed by atoms with Gasteiger partial charge in [0.1, 0.15) is 0 Å². The van der Waals surface area contributed by atoms with E-state index in [-0.39, 0.29) is 28.9 Å². The van der Waals surface area contributed by atoms with Crippen LogP contribution in [0.25, 0.3) is 10.9 Å². The van der Waals surface area contributed by atoms with Crippen LogP contribution in [-0.4, -0.2) is 29.0 Å². The Morgan fingerprint density at radius 3 is 2.09 bits per heavy atom. The number of nitrogens with one attached hydrogen (secondary N) is 2. The third kappa shape index (κ3) is 4.90. The molecular formula is C25H23F3N4O. The molecule has 8 heteroatoms. The van der Waals surface area contributed by atoms with Crippen LogP contribution in [-0.2, 0) is 6.18 Å². The number of alkyl halides is 3. The molecule has 0 radical (unpaired) electrons. The molecule has 0 amide bonds. The highest BCUT2D eigenvalue weighted by molar-refractivity contribution is 5.79. The molecule has 33 heavy (non-hydrogen) atoms. The van der Waals surface area contributed by atoms with Gasteiger partial charge in [-0.05, 0) is 43.4 Å². The van der Waals surface area contributed by atoms with E-state index in [0.29, 0.717) is 0 Å². The van der Waals surface area contributed by atoms with Crippen molar-refractivity contribution < 1.29 is 13.2 Å². The molecule has 1 aromatic heterocycles. The Kier molecular flexibility index (Phi) is 6.20. The Labute approximate surface area is 188 Å². The summed E-state index contributed by atoms with van der Waals surface area (Å²) in [7, 11) is 3.89. The number of H-pyrrole nitrogens is 1. The number of rotatable bonds is 6. The van der Waals surface area contributed by atoms with Gasteiger partial charge in [0.05, 0.1) is 28.6 Å². The smallest absolute Gasteiger partial charge is 0.347 e. The summed E-state index contributed by atoms with van der Waals surface area (Å²) in [6, 6.07) is 21.9. The van der Waals surface area contributed by atoms with Gasteiger partial charge in [0.15, 0.2) is 0 Å². The van der Waals surface area contributed by atoms with Crippen LogP contribution >= 0.6 is 0 Å². The minimum atomic E-state index is -4.53. The van der Waals surface area contributed by atoms with Gasteiger partial charge in [-0.15, -0.1) is 0 Å². The normalized spacial score (nSPS) is 13.8. The van der Waals surface area contributed by atoms with Crippen molar-refractivity contribution >= 4 is 16.9 Å². The molecule has 3 aromatic carbocycles. The van der Waals surface area contributed by atoms with E-state index in [9.17, 15) is 18.0 Å². The predicted molar refractivity (Wildman–Crippen MR) is 123 cm³/mol. The van der Waals surface area contributed by atoms with E-state index in [2.05, 4.69) is 15.3 Å². The number of fused-ring (bicyclic) bond motifs is 1. The first-order chi connectivity index (χ1) is 15.7. The van der Waals surface area contributed by atoms with E-state index >= 15 is 0 Å². The highest BCUT2D eigenvalue weighted by atomic mass is 19.4. The standard InChI is InChI=1S/C25H23F3N4O/c1-32(2)22(17-11-7-4-8-12-17)21(16-9-5-3-6-10-16)30-24-29-20-15-18(25(26,27)28)13-14-19(20)23(33)31-24/h3-15,21-22H,1-2H3,(H2,29,30,31,33)/t21-,22-/m1/s1. The second-order valence-corrected chi connectivity index (χ2v) is 8.00. The van der Waals surface area contributed by atoms with E-state index in [4.69, 9.17) is 0 Å². The summed E-state index contributed by atoms with van der Waals surface area (Å²) in [6.45, 7) is 0. The van der Waals surface area contributed by atoms with Gasteiger partial charge in [-0.2, -0.15) is 13.2 Å². The number of halogens is 3. The van der Waals surface area contributed by atoms with Crippen LogP contribution < -0.4 is 10.9 Å². The SMILES string of the molecule is CN(C)[C@H](c1ccccc1)[C@H](Nc1nc2cc(C(F)(F)F)ccc2c(=O)[nH]1)c1ccccc1. The maximum atomic E-state index is 13.2. The van der Waals surface area contributed by atoms with Crippen molar-refractivity contribution in [3.05, 3.63) is 106 Å². The van der Waals surface area contributed by atoms with Crippen molar-refractivity contribution in [2.24, 2.45) is 0 Å². The van der Waals surface area contributed by atoms with Crippen molar-refractivity contribution in [1.82, 2.24) is 14.9 Å². The molecular weight excluding hydrogens is 429 g/mol. The van der Waals surface area contributed by atoms with E-state index in [1.54, 1.807) is 0 Å². The average molecular weight is 452 g/mol. The molecule has 0 aliphatic rings. The monoisotopic (exact) mass is 452 g/mol. The number of hydrogen-bond donors (Lipinski definition) is 2.